The van der Waals surface area contributed by atoms with Gasteiger partial charge in [0.15, 0.2) is 0 Å². The van der Waals surface area contributed by atoms with Crippen molar-refractivity contribution in [2.45, 2.75) is 55.1 Å². The Morgan fingerprint density at radius 2 is 2.20 bits per heavy atom. The molecule has 1 saturated heterocycles. The van der Waals surface area contributed by atoms with Crippen LogP contribution in [-0.4, -0.2) is 22.5 Å². The van der Waals surface area contributed by atoms with E-state index in [0.717, 1.165) is 5.92 Å². The molecule has 0 N–H and O–H groups in total. The molecule has 3 heteroatoms. The van der Waals surface area contributed by atoms with Gasteiger partial charge in [-0.15, -0.1) is 0 Å². The molecule has 4 atom stereocenters. The Balaban J connectivity index is 1.99. The van der Waals surface area contributed by atoms with E-state index in [2.05, 4.69) is 33.5 Å². The molecule has 88 valence electrons. The van der Waals surface area contributed by atoms with Gasteiger partial charge in [0.1, 0.15) is 0 Å². The molecule has 1 unspecified atom stereocenters. The van der Waals surface area contributed by atoms with E-state index in [4.69, 9.17) is 3.10 Å². The van der Waals surface area contributed by atoms with Crippen molar-refractivity contribution in [3.8, 4) is 0 Å². The van der Waals surface area contributed by atoms with Crippen LogP contribution in [0.5, 0.6) is 0 Å². The van der Waals surface area contributed by atoms with Gasteiger partial charge >= 0.3 is 104 Å². The van der Waals surface area contributed by atoms with Crippen LogP contribution in [0.2, 0.25) is 8.94 Å². The Kier molecular flexibility index (Phi) is 2.39. The molecule has 2 aliphatic carbocycles. The summed E-state index contributed by atoms with van der Waals surface area (Å²) in [6, 6.07) is 0. The number of rotatable bonds is 1. The molecule has 2 saturated carbocycles. The molecule has 0 amide bonds. The first kappa shape index (κ1) is 11.3. The molecule has 3 rings (SSSR count). The van der Waals surface area contributed by atoms with Gasteiger partial charge in [-0.25, -0.2) is 0 Å². The SMILES string of the molecule is CC[Te]1(Br)C[C@]23CC[C@H](C[C@H]2O1)C3(C)C. The van der Waals surface area contributed by atoms with Gasteiger partial charge in [0.05, 0.1) is 0 Å². The van der Waals surface area contributed by atoms with Crippen LogP contribution in [0.4, 0.5) is 0 Å². The topological polar surface area (TPSA) is 9.23 Å². The van der Waals surface area contributed by atoms with Crippen molar-refractivity contribution in [3.05, 3.63) is 0 Å². The first-order chi connectivity index (χ1) is 6.94. The Morgan fingerprint density at radius 3 is 2.73 bits per heavy atom. The third-order valence-electron chi connectivity index (χ3n) is 5.55. The maximum atomic E-state index is 6.49. The third-order valence-corrected chi connectivity index (χ3v) is 18.0. The molecular weight excluding hydrogens is 368 g/mol. The first-order valence-electron chi connectivity index (χ1n) is 6.10. The number of halogens is 1. The monoisotopic (exact) mass is 390 g/mol. The van der Waals surface area contributed by atoms with Gasteiger partial charge in [-0.2, -0.15) is 0 Å². The molecule has 1 spiro atoms. The first-order valence-corrected chi connectivity index (χ1v) is 15.6. The molecule has 2 bridgehead atoms. The fourth-order valence-electron chi connectivity index (χ4n) is 4.27. The van der Waals surface area contributed by atoms with E-state index < -0.39 is 16.4 Å². The van der Waals surface area contributed by atoms with Gasteiger partial charge in [0, 0.05) is 0 Å². The summed E-state index contributed by atoms with van der Waals surface area (Å²) >= 11 is 1.97. The van der Waals surface area contributed by atoms with E-state index in [-0.39, 0.29) is 0 Å². The summed E-state index contributed by atoms with van der Waals surface area (Å²) in [6.07, 6.45) is 4.87. The van der Waals surface area contributed by atoms with Crippen LogP contribution in [0.15, 0.2) is 0 Å². The second-order valence-corrected chi connectivity index (χ2v) is 21.1. The molecule has 15 heavy (non-hydrogen) atoms. The summed E-state index contributed by atoms with van der Waals surface area (Å²) in [6.45, 7) is 7.32. The van der Waals surface area contributed by atoms with Gasteiger partial charge < -0.3 is 0 Å². The van der Waals surface area contributed by atoms with E-state index in [9.17, 15) is 0 Å². The Hall–Kier alpha value is 1.23. The molecule has 0 aromatic heterocycles. The van der Waals surface area contributed by atoms with Crippen molar-refractivity contribution in [1.29, 1.82) is 0 Å². The zero-order chi connectivity index (χ0) is 10.9. The molecule has 1 nitrogen and oxygen atoms in total. The summed E-state index contributed by atoms with van der Waals surface area (Å²) in [4.78, 5) is 0. The van der Waals surface area contributed by atoms with Crippen LogP contribution in [0, 0.1) is 16.7 Å². The summed E-state index contributed by atoms with van der Waals surface area (Å²) < 4.78 is 9.19. The van der Waals surface area contributed by atoms with E-state index in [1.54, 1.807) is 0 Å². The Morgan fingerprint density at radius 1 is 1.47 bits per heavy atom. The minimum absolute atomic E-state index is 0.550. The molecule has 1 heterocycles. The van der Waals surface area contributed by atoms with Crippen LogP contribution in [0.25, 0.3) is 0 Å². The van der Waals surface area contributed by atoms with Gasteiger partial charge in [0.25, 0.3) is 0 Å². The molecule has 1 aliphatic heterocycles. The summed E-state index contributed by atoms with van der Waals surface area (Å²) in [5.74, 6) is 0.944. The quantitative estimate of drug-likeness (QED) is 0.615. The molecule has 3 aliphatic rings. The van der Waals surface area contributed by atoms with Crippen molar-refractivity contribution in [2.75, 3.05) is 0 Å². The fraction of sp³-hybridized carbons (Fsp3) is 1.00. The standard InChI is InChI=1S/C12H21BrOTe/c1-4-15(13)8-12-6-5-9(11(12,2)3)7-10(12)14-15/h9-10H,4-8H2,1-3H3/t9-,10-,12-/m1/s1. The van der Waals surface area contributed by atoms with Crippen molar-refractivity contribution in [3.63, 3.8) is 0 Å². The zero-order valence-corrected chi connectivity index (χ0v) is 13.8. The Labute approximate surface area is 103 Å². The van der Waals surface area contributed by atoms with E-state index in [1.165, 1.54) is 28.2 Å². The Bertz CT molecular complexity index is 306. The van der Waals surface area contributed by atoms with Crippen molar-refractivity contribution >= 4 is 29.1 Å². The summed E-state index contributed by atoms with van der Waals surface area (Å²) in [7, 11) is 0. The van der Waals surface area contributed by atoms with Crippen LogP contribution in [0.3, 0.4) is 0 Å². The zero-order valence-electron chi connectivity index (χ0n) is 9.88. The second kappa shape index (κ2) is 3.16. The molecule has 0 radical (unpaired) electrons. The summed E-state index contributed by atoms with van der Waals surface area (Å²) in [5, 5.41) is 0. The summed E-state index contributed by atoms with van der Waals surface area (Å²) in [5.41, 5.74) is 1.12. The van der Waals surface area contributed by atoms with Crippen LogP contribution in [0.1, 0.15) is 40.0 Å². The maximum absolute atomic E-state index is 6.49. The predicted molar refractivity (Wildman–Crippen MR) is 68.4 cm³/mol. The van der Waals surface area contributed by atoms with Crippen LogP contribution >= 0.6 is 12.8 Å². The molecule has 0 aromatic carbocycles. The van der Waals surface area contributed by atoms with Gasteiger partial charge in [0.2, 0.25) is 0 Å². The number of hydrogen-bond acceptors (Lipinski definition) is 1. The van der Waals surface area contributed by atoms with Crippen molar-refractivity contribution in [1.82, 2.24) is 0 Å². The normalized spacial score (nSPS) is 60.3. The fourth-order valence-corrected chi connectivity index (χ4v) is 15.6. The van der Waals surface area contributed by atoms with Gasteiger partial charge in [-0.1, -0.05) is 0 Å². The van der Waals surface area contributed by atoms with E-state index >= 15 is 0 Å². The van der Waals surface area contributed by atoms with Crippen molar-refractivity contribution in [2.24, 2.45) is 16.7 Å². The van der Waals surface area contributed by atoms with Gasteiger partial charge in [-0.3, -0.25) is 0 Å². The number of fused-ring (bicyclic) bond motifs is 1. The van der Waals surface area contributed by atoms with Crippen molar-refractivity contribution < 1.29 is 3.10 Å². The third kappa shape index (κ3) is 1.25. The average molecular weight is 389 g/mol. The number of hydrogen-bond donors (Lipinski definition) is 0. The molecule has 3 fully saturated rings. The predicted octanol–water partition coefficient (Wildman–Crippen LogP) is 4.07. The molecular formula is C12H21BrOTe. The molecule has 0 aromatic rings. The van der Waals surface area contributed by atoms with E-state index in [1.807, 2.05) is 0 Å². The average Bonchev–Trinajstić information content (AvgIpc) is 2.68. The van der Waals surface area contributed by atoms with Crippen LogP contribution < -0.4 is 0 Å². The van der Waals surface area contributed by atoms with Crippen LogP contribution in [-0.2, 0) is 3.10 Å². The minimum atomic E-state index is -2.05. The second-order valence-electron chi connectivity index (χ2n) is 6.09. The van der Waals surface area contributed by atoms with E-state index in [0.29, 0.717) is 16.9 Å². The van der Waals surface area contributed by atoms with Gasteiger partial charge in [-0.05, 0) is 0 Å².